The molecule has 0 aliphatic carbocycles. The van der Waals surface area contributed by atoms with Gasteiger partial charge >= 0.3 is 6.18 Å². The van der Waals surface area contributed by atoms with Crippen LogP contribution in [-0.2, 0) is 22.3 Å². The summed E-state index contributed by atoms with van der Waals surface area (Å²) in [4.78, 5) is 26.0. The van der Waals surface area contributed by atoms with E-state index in [1.165, 1.54) is 12.1 Å². The van der Waals surface area contributed by atoms with Gasteiger partial charge in [-0.2, -0.15) is 13.2 Å². The van der Waals surface area contributed by atoms with Gasteiger partial charge in [-0.3, -0.25) is 14.5 Å². The largest absolute Gasteiger partial charge is 0.416 e. The van der Waals surface area contributed by atoms with Gasteiger partial charge in [-0.1, -0.05) is 41.9 Å². The molecule has 0 aromatic heterocycles. The monoisotopic (exact) mass is 393 g/mol. The van der Waals surface area contributed by atoms with E-state index < -0.39 is 23.6 Å². The Hall–Kier alpha value is -2.60. The van der Waals surface area contributed by atoms with Crippen molar-refractivity contribution in [1.29, 1.82) is 0 Å². The summed E-state index contributed by atoms with van der Waals surface area (Å²) < 4.78 is 38.6. The topological polar surface area (TPSA) is 37.4 Å². The number of benzene rings is 2. The van der Waals surface area contributed by atoms with E-state index in [1.54, 1.807) is 12.1 Å². The van der Waals surface area contributed by atoms with Crippen LogP contribution in [0.15, 0.2) is 47.5 Å². The Labute approximate surface area is 159 Å². The fourth-order valence-electron chi connectivity index (χ4n) is 2.87. The molecule has 7 heteroatoms. The molecule has 27 heavy (non-hydrogen) atoms. The molecule has 0 N–H and O–H groups in total. The lowest BCUT2D eigenvalue weighted by atomic mass is 10.0. The van der Waals surface area contributed by atoms with Gasteiger partial charge in [0.15, 0.2) is 0 Å². The number of amides is 2. The van der Waals surface area contributed by atoms with Crippen LogP contribution in [0.1, 0.15) is 27.8 Å². The van der Waals surface area contributed by atoms with Crippen LogP contribution in [0, 0.1) is 13.8 Å². The highest BCUT2D eigenvalue weighted by molar-refractivity contribution is 6.55. The van der Waals surface area contributed by atoms with Gasteiger partial charge in [0.25, 0.3) is 11.8 Å². The zero-order valence-corrected chi connectivity index (χ0v) is 15.3. The predicted octanol–water partition coefficient (Wildman–Crippen LogP) is 4.84. The minimum absolute atomic E-state index is 0.0664. The van der Waals surface area contributed by atoms with E-state index in [0.29, 0.717) is 5.56 Å². The molecule has 2 aromatic carbocycles. The van der Waals surface area contributed by atoms with Crippen LogP contribution in [0.3, 0.4) is 0 Å². The van der Waals surface area contributed by atoms with Crippen LogP contribution >= 0.6 is 11.6 Å². The van der Waals surface area contributed by atoms with Crippen molar-refractivity contribution in [2.24, 2.45) is 0 Å². The standard InChI is InChI=1S/C20H15ClF3NO2/c1-11-6-7-14(8-12(11)2)16-17(21)19(27)25(18(16)26)10-13-4-3-5-15(9-13)20(22,23)24/h3-9H,10H2,1-2H3. The molecule has 0 saturated carbocycles. The lowest BCUT2D eigenvalue weighted by Gasteiger charge is -2.16. The summed E-state index contributed by atoms with van der Waals surface area (Å²) in [5.41, 5.74) is 1.88. The molecule has 0 fully saturated rings. The molecule has 2 amide bonds. The molecule has 0 atom stereocenters. The maximum atomic E-state index is 12.9. The highest BCUT2D eigenvalue weighted by atomic mass is 35.5. The molecule has 0 bridgehead atoms. The minimum Gasteiger partial charge on any atom is -0.269 e. The number of aryl methyl sites for hydroxylation is 2. The van der Waals surface area contributed by atoms with E-state index in [1.807, 2.05) is 19.9 Å². The number of hydrogen-bond donors (Lipinski definition) is 0. The molecular weight excluding hydrogens is 379 g/mol. The number of nitrogens with zero attached hydrogens (tertiary/aromatic N) is 1. The van der Waals surface area contributed by atoms with E-state index in [9.17, 15) is 22.8 Å². The van der Waals surface area contributed by atoms with Gasteiger partial charge in [0.05, 0.1) is 17.7 Å². The number of hydrogen-bond acceptors (Lipinski definition) is 2. The lowest BCUT2D eigenvalue weighted by Crippen LogP contribution is -2.30. The summed E-state index contributed by atoms with van der Waals surface area (Å²) >= 11 is 6.10. The summed E-state index contributed by atoms with van der Waals surface area (Å²) in [6.45, 7) is 3.50. The first-order valence-electron chi connectivity index (χ1n) is 8.09. The van der Waals surface area contributed by atoms with Crippen molar-refractivity contribution in [1.82, 2.24) is 4.90 Å². The van der Waals surface area contributed by atoms with Crippen molar-refractivity contribution in [3.8, 4) is 0 Å². The van der Waals surface area contributed by atoms with Crippen molar-refractivity contribution >= 4 is 29.0 Å². The molecule has 1 aliphatic rings. The first kappa shape index (κ1) is 19.2. The smallest absolute Gasteiger partial charge is 0.269 e. The van der Waals surface area contributed by atoms with E-state index in [0.717, 1.165) is 28.2 Å². The van der Waals surface area contributed by atoms with Crippen molar-refractivity contribution in [3.05, 3.63) is 75.3 Å². The average molecular weight is 394 g/mol. The summed E-state index contributed by atoms with van der Waals surface area (Å²) in [7, 11) is 0. The highest BCUT2D eigenvalue weighted by Crippen LogP contribution is 2.34. The van der Waals surface area contributed by atoms with Gasteiger partial charge in [-0.25, -0.2) is 0 Å². The van der Waals surface area contributed by atoms with Gasteiger partial charge < -0.3 is 0 Å². The first-order valence-corrected chi connectivity index (χ1v) is 8.47. The Bertz CT molecular complexity index is 979. The van der Waals surface area contributed by atoms with E-state index in [4.69, 9.17) is 11.6 Å². The Balaban J connectivity index is 1.91. The molecule has 0 unspecified atom stereocenters. The molecule has 2 aromatic rings. The Kier molecular flexibility index (Phi) is 4.86. The van der Waals surface area contributed by atoms with E-state index in [-0.39, 0.29) is 22.7 Å². The molecule has 3 rings (SSSR count). The molecule has 1 heterocycles. The van der Waals surface area contributed by atoms with E-state index in [2.05, 4.69) is 0 Å². The molecule has 0 radical (unpaired) electrons. The predicted molar refractivity (Wildman–Crippen MR) is 95.7 cm³/mol. The van der Waals surface area contributed by atoms with Gasteiger partial charge in [0.2, 0.25) is 0 Å². The average Bonchev–Trinajstić information content (AvgIpc) is 2.81. The third kappa shape index (κ3) is 3.62. The number of halogens is 4. The fraction of sp³-hybridized carbons (Fsp3) is 0.200. The normalized spacial score (nSPS) is 15.1. The van der Waals surface area contributed by atoms with E-state index >= 15 is 0 Å². The van der Waals surface area contributed by atoms with Crippen LogP contribution < -0.4 is 0 Å². The van der Waals surface area contributed by atoms with Crippen LogP contribution in [0.2, 0.25) is 0 Å². The summed E-state index contributed by atoms with van der Waals surface area (Å²) in [5, 5.41) is -0.227. The van der Waals surface area contributed by atoms with Crippen molar-refractivity contribution in [2.75, 3.05) is 0 Å². The maximum absolute atomic E-state index is 12.9. The summed E-state index contributed by atoms with van der Waals surface area (Å²) in [6, 6.07) is 9.78. The van der Waals surface area contributed by atoms with Crippen molar-refractivity contribution in [3.63, 3.8) is 0 Å². The second kappa shape index (κ2) is 6.85. The Morgan fingerprint density at radius 1 is 0.963 bits per heavy atom. The summed E-state index contributed by atoms with van der Waals surface area (Å²) in [5.74, 6) is -1.34. The third-order valence-corrected chi connectivity index (χ3v) is 4.85. The number of rotatable bonds is 3. The first-order chi connectivity index (χ1) is 12.6. The highest BCUT2D eigenvalue weighted by Gasteiger charge is 2.38. The van der Waals surface area contributed by atoms with Crippen LogP contribution in [0.25, 0.3) is 5.57 Å². The second-order valence-corrected chi connectivity index (χ2v) is 6.76. The molecule has 3 nitrogen and oxygen atoms in total. The number of carbonyl (C=O) groups is 2. The third-order valence-electron chi connectivity index (χ3n) is 4.50. The number of carbonyl (C=O) groups excluding carboxylic acids is 2. The fourth-order valence-corrected chi connectivity index (χ4v) is 3.16. The second-order valence-electron chi connectivity index (χ2n) is 6.38. The summed E-state index contributed by atoms with van der Waals surface area (Å²) in [6.07, 6.45) is -4.50. The molecule has 140 valence electrons. The van der Waals surface area contributed by atoms with Gasteiger partial charge in [0.1, 0.15) is 5.03 Å². The number of alkyl halides is 3. The SMILES string of the molecule is Cc1ccc(C2=C(Cl)C(=O)N(Cc3cccc(C(F)(F)F)c3)C2=O)cc1C. The van der Waals surface area contributed by atoms with Gasteiger partial charge in [0, 0.05) is 0 Å². The van der Waals surface area contributed by atoms with Gasteiger partial charge in [-0.05, 0) is 48.2 Å². The van der Waals surface area contributed by atoms with Crippen molar-refractivity contribution < 1.29 is 22.8 Å². The number of imide groups is 1. The Morgan fingerprint density at radius 3 is 2.30 bits per heavy atom. The van der Waals surface area contributed by atoms with Gasteiger partial charge in [-0.15, -0.1) is 0 Å². The molecule has 1 aliphatic heterocycles. The maximum Gasteiger partial charge on any atom is 0.416 e. The lowest BCUT2D eigenvalue weighted by molar-refractivity contribution is -0.137. The molecule has 0 saturated heterocycles. The molecule has 0 spiro atoms. The van der Waals surface area contributed by atoms with Crippen LogP contribution in [0.5, 0.6) is 0 Å². The zero-order valence-electron chi connectivity index (χ0n) is 14.5. The van der Waals surface area contributed by atoms with Crippen molar-refractivity contribution in [2.45, 2.75) is 26.6 Å². The quantitative estimate of drug-likeness (QED) is 0.700. The Morgan fingerprint density at radius 2 is 1.67 bits per heavy atom. The van der Waals surface area contributed by atoms with Crippen LogP contribution in [-0.4, -0.2) is 16.7 Å². The zero-order chi connectivity index (χ0) is 19.9. The molecular formula is C20H15ClF3NO2. The minimum atomic E-state index is -4.50. The van der Waals surface area contributed by atoms with Crippen LogP contribution in [0.4, 0.5) is 13.2 Å².